The summed E-state index contributed by atoms with van der Waals surface area (Å²) in [5.41, 5.74) is 0.346. The fraction of sp³-hybridized carbons (Fsp3) is 1.00. The quantitative estimate of drug-likeness (QED) is 0.543. The van der Waals surface area contributed by atoms with Gasteiger partial charge < -0.3 is 4.74 Å². The zero-order valence-corrected chi connectivity index (χ0v) is 15.5. The molecule has 0 radical (unpaired) electrons. The van der Waals surface area contributed by atoms with Crippen LogP contribution in [0.3, 0.4) is 0 Å². The van der Waals surface area contributed by atoms with Gasteiger partial charge in [0, 0.05) is 23.9 Å². The Labute approximate surface area is 145 Å². The lowest BCUT2D eigenvalue weighted by atomic mass is 9.45. The predicted molar refractivity (Wildman–Crippen MR) is 93.3 cm³/mol. The van der Waals surface area contributed by atoms with Gasteiger partial charge in [0.1, 0.15) is 0 Å². The van der Waals surface area contributed by atoms with E-state index in [1.54, 1.807) is 0 Å². The topological polar surface area (TPSA) is 52.4 Å². The van der Waals surface area contributed by atoms with Crippen molar-refractivity contribution in [3.63, 3.8) is 0 Å². The van der Waals surface area contributed by atoms with Crippen LogP contribution in [-0.4, -0.2) is 24.2 Å². The minimum absolute atomic E-state index is 0.0369. The van der Waals surface area contributed by atoms with Crippen LogP contribution >= 0.6 is 0 Å². The fourth-order valence-electron chi connectivity index (χ4n) is 7.83. The highest BCUT2D eigenvalue weighted by atomic mass is 16.6. The summed E-state index contributed by atoms with van der Waals surface area (Å²) in [5, 5.41) is 11.6. The molecule has 8 atom stereocenters. The van der Waals surface area contributed by atoms with Gasteiger partial charge in [0.05, 0.1) is 6.10 Å². The highest BCUT2D eigenvalue weighted by Gasteiger charge is 2.63. The highest BCUT2D eigenvalue weighted by Crippen LogP contribution is 2.66. The van der Waals surface area contributed by atoms with Gasteiger partial charge in [-0.05, 0) is 80.5 Å². The van der Waals surface area contributed by atoms with E-state index in [-0.39, 0.29) is 16.4 Å². The molecule has 136 valence electrons. The summed E-state index contributed by atoms with van der Waals surface area (Å²) in [7, 11) is 1.87. The lowest BCUT2D eigenvalue weighted by Gasteiger charge is -2.60. The molecule has 0 aromatic heterocycles. The maximum absolute atomic E-state index is 11.6. The first-order valence-corrected chi connectivity index (χ1v) is 10.1. The molecule has 4 aliphatic carbocycles. The maximum atomic E-state index is 11.6. The first-order valence-electron chi connectivity index (χ1n) is 10.1. The van der Waals surface area contributed by atoms with Crippen molar-refractivity contribution < 1.29 is 9.66 Å². The van der Waals surface area contributed by atoms with E-state index in [0.29, 0.717) is 23.4 Å². The first kappa shape index (κ1) is 16.8. The van der Waals surface area contributed by atoms with Gasteiger partial charge in [-0.2, -0.15) is 0 Å². The Balaban J connectivity index is 1.61. The third kappa shape index (κ3) is 2.21. The standard InChI is InChI=1S/C20H33NO3/c1-19-11-10-17-15(16(19)8-9-18(19)21(22)23)7-5-13-4-6-14(24-3)12-20(13,17)2/h13-18H,4-12H2,1-3H3. The Morgan fingerprint density at radius 1 is 0.958 bits per heavy atom. The lowest BCUT2D eigenvalue weighted by molar-refractivity contribution is -0.540. The van der Waals surface area contributed by atoms with Crippen molar-refractivity contribution in [2.24, 2.45) is 34.5 Å². The predicted octanol–water partition coefficient (Wildman–Crippen LogP) is 4.69. The Morgan fingerprint density at radius 2 is 1.67 bits per heavy atom. The van der Waals surface area contributed by atoms with E-state index >= 15 is 0 Å². The summed E-state index contributed by atoms with van der Waals surface area (Å²) in [6.07, 6.45) is 11.0. The molecule has 0 amide bonds. The van der Waals surface area contributed by atoms with Crippen LogP contribution in [0.4, 0.5) is 0 Å². The molecule has 0 bridgehead atoms. The van der Waals surface area contributed by atoms with Crippen LogP contribution < -0.4 is 0 Å². The number of methoxy groups -OCH3 is 1. The fourth-order valence-corrected chi connectivity index (χ4v) is 7.83. The summed E-state index contributed by atoms with van der Waals surface area (Å²) in [4.78, 5) is 11.6. The van der Waals surface area contributed by atoms with Crippen LogP contribution in [0.15, 0.2) is 0 Å². The van der Waals surface area contributed by atoms with Crippen LogP contribution in [0.25, 0.3) is 0 Å². The van der Waals surface area contributed by atoms with Crippen molar-refractivity contribution in [3.05, 3.63) is 10.1 Å². The molecular formula is C20H33NO3. The van der Waals surface area contributed by atoms with E-state index in [0.717, 1.165) is 31.1 Å². The number of nitrogens with zero attached hydrogens (tertiary/aromatic N) is 1. The second kappa shape index (κ2) is 5.69. The second-order valence-electron chi connectivity index (χ2n) is 9.72. The number of fused-ring (bicyclic) bond motifs is 5. The number of hydrogen-bond acceptors (Lipinski definition) is 3. The molecule has 0 aromatic rings. The van der Waals surface area contributed by atoms with Crippen LogP contribution in [0.1, 0.15) is 71.6 Å². The minimum atomic E-state index is -0.299. The smallest absolute Gasteiger partial charge is 0.218 e. The molecule has 4 fully saturated rings. The van der Waals surface area contributed by atoms with E-state index in [2.05, 4.69) is 13.8 Å². The van der Waals surface area contributed by atoms with Crippen molar-refractivity contribution >= 4 is 0 Å². The molecule has 4 aliphatic rings. The van der Waals surface area contributed by atoms with Crippen molar-refractivity contribution in [2.75, 3.05) is 7.11 Å². The Morgan fingerprint density at radius 3 is 2.38 bits per heavy atom. The van der Waals surface area contributed by atoms with Crippen molar-refractivity contribution in [3.8, 4) is 0 Å². The van der Waals surface area contributed by atoms with Gasteiger partial charge >= 0.3 is 0 Å². The molecule has 8 unspecified atom stereocenters. The zero-order chi connectivity index (χ0) is 17.1. The lowest BCUT2D eigenvalue weighted by Crippen LogP contribution is -2.55. The molecular weight excluding hydrogens is 302 g/mol. The summed E-state index contributed by atoms with van der Waals surface area (Å²) in [6, 6.07) is -0.299. The van der Waals surface area contributed by atoms with Gasteiger partial charge in [-0.1, -0.05) is 13.8 Å². The van der Waals surface area contributed by atoms with Gasteiger partial charge in [-0.25, -0.2) is 0 Å². The number of rotatable bonds is 2. The summed E-state index contributed by atoms with van der Waals surface area (Å²) >= 11 is 0. The van der Waals surface area contributed by atoms with E-state index in [1.807, 2.05) is 7.11 Å². The van der Waals surface area contributed by atoms with Gasteiger partial charge in [0.2, 0.25) is 6.04 Å². The number of ether oxygens (including phenoxy) is 1. The maximum Gasteiger partial charge on any atom is 0.218 e. The molecule has 0 aliphatic heterocycles. The van der Waals surface area contributed by atoms with Gasteiger partial charge in [-0.3, -0.25) is 10.1 Å². The van der Waals surface area contributed by atoms with Crippen molar-refractivity contribution in [1.29, 1.82) is 0 Å². The van der Waals surface area contributed by atoms with E-state index in [1.165, 1.54) is 38.5 Å². The molecule has 0 N–H and O–H groups in total. The molecule has 4 nitrogen and oxygen atoms in total. The Bertz CT molecular complexity index is 523. The molecule has 0 heterocycles. The average Bonchev–Trinajstić information content (AvgIpc) is 2.91. The van der Waals surface area contributed by atoms with E-state index in [4.69, 9.17) is 4.74 Å². The average molecular weight is 335 g/mol. The molecule has 0 spiro atoms. The number of nitro groups is 1. The molecule has 0 saturated heterocycles. The van der Waals surface area contributed by atoms with Crippen LogP contribution in [0.5, 0.6) is 0 Å². The molecule has 0 aromatic carbocycles. The summed E-state index contributed by atoms with van der Waals surface area (Å²) < 4.78 is 5.75. The number of hydrogen-bond donors (Lipinski definition) is 0. The normalized spacial score (nSPS) is 53.8. The summed E-state index contributed by atoms with van der Waals surface area (Å²) in [6.45, 7) is 4.77. The summed E-state index contributed by atoms with van der Waals surface area (Å²) in [5.74, 6) is 2.90. The Kier molecular flexibility index (Phi) is 3.98. The second-order valence-corrected chi connectivity index (χ2v) is 9.72. The van der Waals surface area contributed by atoms with Gasteiger partial charge in [0.25, 0.3) is 0 Å². The van der Waals surface area contributed by atoms with Crippen LogP contribution in [0.2, 0.25) is 0 Å². The van der Waals surface area contributed by atoms with E-state index < -0.39 is 0 Å². The van der Waals surface area contributed by atoms with Gasteiger partial charge in [0.15, 0.2) is 0 Å². The molecule has 4 saturated carbocycles. The molecule has 4 heteroatoms. The SMILES string of the molecule is COC1CCC2CCC3C(CCC4(C)C3CCC4[N+](=O)[O-])C2(C)C1. The molecule has 24 heavy (non-hydrogen) atoms. The minimum Gasteiger partial charge on any atom is -0.381 e. The van der Waals surface area contributed by atoms with Crippen LogP contribution in [-0.2, 0) is 4.74 Å². The largest absolute Gasteiger partial charge is 0.381 e. The van der Waals surface area contributed by atoms with Gasteiger partial charge in [-0.15, -0.1) is 0 Å². The zero-order valence-electron chi connectivity index (χ0n) is 15.5. The van der Waals surface area contributed by atoms with Crippen molar-refractivity contribution in [2.45, 2.75) is 83.8 Å². The third-order valence-corrected chi connectivity index (χ3v) is 9.11. The third-order valence-electron chi connectivity index (χ3n) is 9.11. The van der Waals surface area contributed by atoms with Crippen molar-refractivity contribution in [1.82, 2.24) is 0 Å². The highest BCUT2D eigenvalue weighted by molar-refractivity contribution is 5.09. The van der Waals surface area contributed by atoms with Crippen LogP contribution in [0, 0.1) is 44.6 Å². The monoisotopic (exact) mass is 335 g/mol. The van der Waals surface area contributed by atoms with E-state index in [9.17, 15) is 10.1 Å². The molecule has 4 rings (SSSR count). The first-order chi connectivity index (χ1) is 11.4. The Hall–Kier alpha value is -0.640.